The summed E-state index contributed by atoms with van der Waals surface area (Å²) in [6, 6.07) is 5.42. The topological polar surface area (TPSA) is 64.3 Å². The molecule has 19 heavy (non-hydrogen) atoms. The molecule has 1 aromatic rings. The average molecular weight is 283 g/mol. The Kier molecular flexibility index (Phi) is 4.66. The van der Waals surface area contributed by atoms with E-state index < -0.39 is 5.91 Å². The smallest absolute Gasteiger partial charge is 0.248 e. The van der Waals surface area contributed by atoms with E-state index in [-0.39, 0.29) is 0 Å². The summed E-state index contributed by atoms with van der Waals surface area (Å²) in [6.07, 6.45) is 4.53. The van der Waals surface area contributed by atoms with Gasteiger partial charge < -0.3 is 15.8 Å². The summed E-state index contributed by atoms with van der Waals surface area (Å²) in [5.74, 6) is -0.442. The van der Waals surface area contributed by atoms with E-state index in [1.165, 1.54) is 0 Å². The summed E-state index contributed by atoms with van der Waals surface area (Å²) in [7, 11) is 1.76. The third kappa shape index (κ3) is 3.61. The van der Waals surface area contributed by atoms with Gasteiger partial charge in [-0.25, -0.2) is 0 Å². The largest absolute Gasteiger partial charge is 0.381 e. The number of ether oxygens (including phenoxy) is 1. The number of nitrogens with one attached hydrogen (secondary N) is 1. The summed E-state index contributed by atoms with van der Waals surface area (Å²) in [5, 5.41) is 4.00. The lowest BCUT2D eigenvalue weighted by Gasteiger charge is -2.29. The molecular formula is C14H19ClN2O2. The number of hydrogen-bond acceptors (Lipinski definition) is 3. The van der Waals surface area contributed by atoms with Crippen molar-refractivity contribution in [2.24, 2.45) is 5.73 Å². The fraction of sp³-hybridized carbons (Fsp3) is 0.500. The third-order valence-corrected chi connectivity index (χ3v) is 3.95. The molecule has 0 bridgehead atoms. The van der Waals surface area contributed by atoms with Crippen LogP contribution >= 0.6 is 11.6 Å². The zero-order valence-electron chi connectivity index (χ0n) is 11.0. The first kappa shape index (κ1) is 14.2. The van der Waals surface area contributed by atoms with Crippen molar-refractivity contribution in [1.82, 2.24) is 0 Å². The fourth-order valence-electron chi connectivity index (χ4n) is 2.45. The van der Waals surface area contributed by atoms with Gasteiger partial charge in [0.1, 0.15) is 0 Å². The maximum atomic E-state index is 11.2. The minimum absolute atomic E-state index is 0.366. The van der Waals surface area contributed by atoms with Crippen LogP contribution in [-0.2, 0) is 4.74 Å². The molecule has 1 aliphatic rings. The highest BCUT2D eigenvalue weighted by Gasteiger charge is 2.21. The van der Waals surface area contributed by atoms with Crippen LogP contribution < -0.4 is 11.1 Å². The van der Waals surface area contributed by atoms with E-state index in [1.807, 2.05) is 0 Å². The Balaban J connectivity index is 2.03. The molecule has 2 rings (SSSR count). The summed E-state index contributed by atoms with van der Waals surface area (Å²) in [6.45, 7) is 0. The van der Waals surface area contributed by atoms with Crippen molar-refractivity contribution in [3.8, 4) is 0 Å². The van der Waals surface area contributed by atoms with Crippen LogP contribution in [0.3, 0.4) is 0 Å². The highest BCUT2D eigenvalue weighted by molar-refractivity contribution is 6.33. The number of nitrogens with two attached hydrogens (primary N) is 1. The molecule has 1 aromatic carbocycles. The monoisotopic (exact) mass is 282 g/mol. The molecular weight excluding hydrogens is 264 g/mol. The predicted octanol–water partition coefficient (Wildman–Crippen LogP) is 2.81. The molecule has 5 heteroatoms. The van der Waals surface area contributed by atoms with Gasteiger partial charge in [0.2, 0.25) is 5.91 Å². The third-order valence-electron chi connectivity index (χ3n) is 3.62. The van der Waals surface area contributed by atoms with E-state index in [0.29, 0.717) is 22.7 Å². The molecule has 1 amide bonds. The highest BCUT2D eigenvalue weighted by atomic mass is 35.5. The van der Waals surface area contributed by atoms with Crippen LogP contribution in [-0.4, -0.2) is 25.2 Å². The van der Waals surface area contributed by atoms with Crippen molar-refractivity contribution >= 4 is 23.2 Å². The van der Waals surface area contributed by atoms with E-state index in [1.54, 1.807) is 25.3 Å². The summed E-state index contributed by atoms with van der Waals surface area (Å²) >= 11 is 6.14. The Morgan fingerprint density at radius 1 is 1.37 bits per heavy atom. The van der Waals surface area contributed by atoms with E-state index >= 15 is 0 Å². The molecule has 0 radical (unpaired) electrons. The van der Waals surface area contributed by atoms with E-state index in [9.17, 15) is 4.79 Å². The van der Waals surface area contributed by atoms with Crippen molar-refractivity contribution < 1.29 is 9.53 Å². The molecule has 0 spiro atoms. The number of anilines is 1. The molecule has 0 unspecified atom stereocenters. The Hall–Kier alpha value is -1.26. The number of rotatable bonds is 4. The number of carbonyl (C=O) groups excluding carboxylic acids is 1. The van der Waals surface area contributed by atoms with E-state index in [4.69, 9.17) is 22.1 Å². The van der Waals surface area contributed by atoms with Gasteiger partial charge in [0.25, 0.3) is 0 Å². The van der Waals surface area contributed by atoms with Crippen molar-refractivity contribution in [3.63, 3.8) is 0 Å². The second kappa shape index (κ2) is 6.26. The van der Waals surface area contributed by atoms with Crippen LogP contribution in [0.2, 0.25) is 5.02 Å². The van der Waals surface area contributed by atoms with Gasteiger partial charge in [-0.05, 0) is 43.9 Å². The molecule has 0 saturated heterocycles. The molecule has 0 aromatic heterocycles. The Bertz CT molecular complexity index is 457. The maximum absolute atomic E-state index is 11.2. The zero-order valence-corrected chi connectivity index (χ0v) is 11.7. The molecule has 0 aliphatic heterocycles. The van der Waals surface area contributed by atoms with Crippen LogP contribution in [0.1, 0.15) is 36.0 Å². The van der Waals surface area contributed by atoms with E-state index in [2.05, 4.69) is 5.32 Å². The van der Waals surface area contributed by atoms with Gasteiger partial charge in [-0.1, -0.05) is 11.6 Å². The number of hydrogen-bond donors (Lipinski definition) is 2. The number of methoxy groups -OCH3 is 1. The first-order chi connectivity index (χ1) is 9.10. The molecule has 4 nitrogen and oxygen atoms in total. The maximum Gasteiger partial charge on any atom is 0.248 e. The quantitative estimate of drug-likeness (QED) is 0.892. The minimum atomic E-state index is -0.442. The highest BCUT2D eigenvalue weighted by Crippen LogP contribution is 2.28. The van der Waals surface area contributed by atoms with Gasteiger partial charge in [-0.3, -0.25) is 4.79 Å². The molecule has 0 heterocycles. The fourth-order valence-corrected chi connectivity index (χ4v) is 2.62. The SMILES string of the molecule is COC1CCC(Nc2cc(C(N)=O)ccc2Cl)CC1. The van der Waals surface area contributed by atoms with Gasteiger partial charge in [-0.2, -0.15) is 0 Å². The summed E-state index contributed by atoms with van der Waals surface area (Å²) in [4.78, 5) is 11.2. The van der Waals surface area contributed by atoms with Gasteiger partial charge in [-0.15, -0.1) is 0 Å². The van der Waals surface area contributed by atoms with Crippen molar-refractivity contribution in [2.45, 2.75) is 37.8 Å². The lowest BCUT2D eigenvalue weighted by atomic mass is 9.93. The number of carbonyl (C=O) groups is 1. The Morgan fingerprint density at radius 2 is 2.05 bits per heavy atom. The van der Waals surface area contributed by atoms with Crippen LogP contribution in [0.5, 0.6) is 0 Å². The number of amides is 1. The van der Waals surface area contributed by atoms with Crippen LogP contribution in [0, 0.1) is 0 Å². The Morgan fingerprint density at radius 3 is 2.63 bits per heavy atom. The Labute approximate surface area is 118 Å². The second-order valence-corrected chi connectivity index (χ2v) is 5.32. The predicted molar refractivity (Wildman–Crippen MR) is 76.6 cm³/mol. The number of benzene rings is 1. The lowest BCUT2D eigenvalue weighted by molar-refractivity contribution is 0.0682. The molecule has 104 valence electrons. The standard InChI is InChI=1S/C14H19ClN2O2/c1-19-11-5-3-10(4-6-11)17-13-8-9(14(16)18)2-7-12(13)15/h2,7-8,10-11,17H,3-6H2,1H3,(H2,16,18). The lowest BCUT2D eigenvalue weighted by Crippen LogP contribution is -2.29. The number of primary amides is 1. The van der Waals surface area contributed by atoms with Crippen molar-refractivity contribution in [3.05, 3.63) is 28.8 Å². The van der Waals surface area contributed by atoms with Crippen LogP contribution in [0.25, 0.3) is 0 Å². The van der Waals surface area contributed by atoms with Crippen molar-refractivity contribution in [2.75, 3.05) is 12.4 Å². The second-order valence-electron chi connectivity index (χ2n) is 4.91. The van der Waals surface area contributed by atoms with Crippen LogP contribution in [0.4, 0.5) is 5.69 Å². The molecule has 1 saturated carbocycles. The van der Waals surface area contributed by atoms with Gasteiger partial charge >= 0.3 is 0 Å². The number of halogens is 1. The molecule has 3 N–H and O–H groups in total. The van der Waals surface area contributed by atoms with Gasteiger partial charge in [0, 0.05) is 18.7 Å². The minimum Gasteiger partial charge on any atom is -0.381 e. The van der Waals surface area contributed by atoms with Crippen molar-refractivity contribution in [1.29, 1.82) is 0 Å². The summed E-state index contributed by atoms with van der Waals surface area (Å²) in [5.41, 5.74) is 6.52. The van der Waals surface area contributed by atoms with Crippen LogP contribution in [0.15, 0.2) is 18.2 Å². The van der Waals surface area contributed by atoms with E-state index in [0.717, 1.165) is 31.4 Å². The first-order valence-electron chi connectivity index (χ1n) is 6.49. The molecule has 0 atom stereocenters. The first-order valence-corrected chi connectivity index (χ1v) is 6.86. The zero-order chi connectivity index (χ0) is 13.8. The summed E-state index contributed by atoms with van der Waals surface area (Å²) < 4.78 is 5.35. The normalized spacial score (nSPS) is 23.1. The average Bonchev–Trinajstić information content (AvgIpc) is 2.42. The molecule has 1 aliphatic carbocycles. The van der Waals surface area contributed by atoms with Gasteiger partial charge in [0.15, 0.2) is 0 Å². The molecule has 1 fully saturated rings. The van der Waals surface area contributed by atoms with Gasteiger partial charge in [0.05, 0.1) is 16.8 Å².